The van der Waals surface area contributed by atoms with Gasteiger partial charge in [0.25, 0.3) is 0 Å². The summed E-state index contributed by atoms with van der Waals surface area (Å²) in [6, 6.07) is 15.6. The van der Waals surface area contributed by atoms with Crippen LogP contribution in [0.2, 0.25) is 0 Å². The Morgan fingerprint density at radius 2 is 1.89 bits per heavy atom. The average molecular weight is 424 g/mol. The second kappa shape index (κ2) is 7.09. The number of tetrazole rings is 1. The predicted molar refractivity (Wildman–Crippen MR) is 98.3 cm³/mol. The SMILES string of the molecule is N#Cc1ccc(Cn2nnc(-c3cnn(-c4ccccc4F)c3Br)n2)cc1. The monoisotopic (exact) mass is 423 g/mol. The molecule has 0 spiro atoms. The molecule has 27 heavy (non-hydrogen) atoms. The van der Waals surface area contributed by atoms with Gasteiger partial charge in [-0.05, 0) is 51.0 Å². The molecule has 0 N–H and O–H groups in total. The van der Waals surface area contributed by atoms with Gasteiger partial charge in [0.15, 0.2) is 0 Å². The van der Waals surface area contributed by atoms with Crippen molar-refractivity contribution in [3.63, 3.8) is 0 Å². The molecule has 4 aromatic rings. The number of rotatable bonds is 4. The van der Waals surface area contributed by atoms with Gasteiger partial charge < -0.3 is 0 Å². The molecule has 9 heteroatoms. The molecule has 0 atom stereocenters. The Bertz CT molecular complexity index is 1140. The third-order valence-corrected chi connectivity index (χ3v) is 4.66. The molecule has 0 aliphatic carbocycles. The van der Waals surface area contributed by atoms with Crippen LogP contribution in [0.1, 0.15) is 11.1 Å². The quantitative estimate of drug-likeness (QED) is 0.502. The summed E-state index contributed by atoms with van der Waals surface area (Å²) in [5.74, 6) is -0.0108. The van der Waals surface area contributed by atoms with Crippen LogP contribution < -0.4 is 0 Å². The first kappa shape index (κ1) is 17.1. The lowest BCUT2D eigenvalue weighted by Gasteiger charge is -2.04. The average Bonchev–Trinajstić information content (AvgIpc) is 3.29. The Labute approximate surface area is 161 Å². The van der Waals surface area contributed by atoms with Crippen molar-refractivity contribution in [1.29, 1.82) is 5.26 Å². The van der Waals surface area contributed by atoms with Gasteiger partial charge >= 0.3 is 0 Å². The van der Waals surface area contributed by atoms with Crippen LogP contribution in [0.4, 0.5) is 4.39 Å². The summed E-state index contributed by atoms with van der Waals surface area (Å²) in [7, 11) is 0. The van der Waals surface area contributed by atoms with Crippen LogP contribution in [0, 0.1) is 17.1 Å². The maximum absolute atomic E-state index is 14.0. The Kier molecular flexibility index (Phi) is 4.48. The smallest absolute Gasteiger partial charge is 0.209 e. The van der Waals surface area contributed by atoms with Crippen LogP contribution in [-0.2, 0) is 6.54 Å². The number of nitrogens with zero attached hydrogens (tertiary/aromatic N) is 7. The molecule has 7 nitrogen and oxygen atoms in total. The fourth-order valence-corrected chi connectivity index (χ4v) is 3.10. The summed E-state index contributed by atoms with van der Waals surface area (Å²) in [4.78, 5) is 1.45. The normalized spacial score (nSPS) is 10.7. The first-order chi connectivity index (χ1) is 13.2. The largest absolute Gasteiger partial charge is 0.223 e. The Morgan fingerprint density at radius 3 is 2.63 bits per heavy atom. The second-order valence-electron chi connectivity index (χ2n) is 5.66. The van der Waals surface area contributed by atoms with Crippen molar-refractivity contribution in [2.24, 2.45) is 0 Å². The maximum atomic E-state index is 14.0. The lowest BCUT2D eigenvalue weighted by atomic mass is 10.1. The number of halogens is 2. The number of para-hydroxylation sites is 1. The van der Waals surface area contributed by atoms with Gasteiger partial charge in [-0.25, -0.2) is 9.07 Å². The van der Waals surface area contributed by atoms with E-state index in [9.17, 15) is 4.39 Å². The Morgan fingerprint density at radius 1 is 1.11 bits per heavy atom. The summed E-state index contributed by atoms with van der Waals surface area (Å²) in [6.45, 7) is 0.414. The Balaban J connectivity index is 1.60. The maximum Gasteiger partial charge on any atom is 0.209 e. The predicted octanol–water partition coefficient (Wildman–Crippen LogP) is 3.35. The van der Waals surface area contributed by atoms with Crippen LogP contribution in [0.25, 0.3) is 17.1 Å². The molecule has 2 aromatic carbocycles. The second-order valence-corrected chi connectivity index (χ2v) is 6.42. The number of hydrogen-bond acceptors (Lipinski definition) is 5. The van der Waals surface area contributed by atoms with Gasteiger partial charge in [-0.15, -0.1) is 10.2 Å². The summed E-state index contributed by atoms with van der Waals surface area (Å²) in [5, 5.41) is 25.5. The summed E-state index contributed by atoms with van der Waals surface area (Å²) in [6.07, 6.45) is 1.56. The zero-order chi connectivity index (χ0) is 18.8. The number of aromatic nitrogens is 6. The minimum absolute atomic E-state index is 0.320. The van der Waals surface area contributed by atoms with Gasteiger partial charge in [0.05, 0.1) is 29.9 Å². The van der Waals surface area contributed by atoms with E-state index in [4.69, 9.17) is 5.26 Å². The van der Waals surface area contributed by atoms with Crippen LogP contribution in [0.3, 0.4) is 0 Å². The van der Waals surface area contributed by atoms with E-state index < -0.39 is 0 Å². The first-order valence-corrected chi connectivity index (χ1v) is 8.70. The molecule has 0 amide bonds. The van der Waals surface area contributed by atoms with Crippen molar-refractivity contribution >= 4 is 15.9 Å². The fraction of sp³-hybridized carbons (Fsp3) is 0.0556. The van der Waals surface area contributed by atoms with Gasteiger partial charge in [-0.2, -0.15) is 15.2 Å². The molecule has 0 aliphatic rings. The number of benzene rings is 2. The van der Waals surface area contributed by atoms with E-state index in [2.05, 4.69) is 42.5 Å². The lowest BCUT2D eigenvalue weighted by Crippen LogP contribution is -2.04. The summed E-state index contributed by atoms with van der Waals surface area (Å²) >= 11 is 3.44. The van der Waals surface area contributed by atoms with Crippen LogP contribution in [-0.4, -0.2) is 30.0 Å². The molecule has 0 unspecified atom stereocenters. The van der Waals surface area contributed by atoms with E-state index in [0.29, 0.717) is 33.8 Å². The van der Waals surface area contributed by atoms with Crippen molar-refractivity contribution in [1.82, 2.24) is 30.0 Å². The molecule has 0 bridgehead atoms. The molecule has 132 valence electrons. The first-order valence-electron chi connectivity index (χ1n) is 7.91. The molecule has 0 aliphatic heterocycles. The highest BCUT2D eigenvalue weighted by Gasteiger charge is 2.17. The van der Waals surface area contributed by atoms with Gasteiger partial charge in [-0.1, -0.05) is 24.3 Å². The molecule has 4 rings (SSSR count). The Hall–Kier alpha value is -3.38. The molecule has 2 heterocycles. The minimum atomic E-state index is -0.384. The van der Waals surface area contributed by atoms with E-state index in [1.807, 2.05) is 12.1 Å². The van der Waals surface area contributed by atoms with Crippen LogP contribution in [0.5, 0.6) is 0 Å². The van der Waals surface area contributed by atoms with E-state index in [0.717, 1.165) is 5.56 Å². The van der Waals surface area contributed by atoms with E-state index in [-0.39, 0.29) is 5.82 Å². The van der Waals surface area contributed by atoms with Crippen molar-refractivity contribution in [3.05, 3.63) is 76.3 Å². The highest BCUT2D eigenvalue weighted by atomic mass is 79.9. The van der Waals surface area contributed by atoms with E-state index in [1.54, 1.807) is 36.5 Å². The molecular formula is C18H11BrFN7. The summed E-state index contributed by atoms with van der Waals surface area (Å²) < 4.78 is 16.0. The standard InChI is InChI=1S/C18H11BrFN7/c19-17-14(10-22-27(17)16-4-2-1-3-15(16)20)18-23-25-26(24-18)11-13-7-5-12(9-21)6-8-13/h1-8,10H,11H2. The molecular weight excluding hydrogens is 413 g/mol. The van der Waals surface area contributed by atoms with Crippen LogP contribution in [0.15, 0.2) is 59.3 Å². The fourth-order valence-electron chi connectivity index (χ4n) is 2.54. The minimum Gasteiger partial charge on any atom is -0.223 e. The zero-order valence-corrected chi connectivity index (χ0v) is 15.4. The topological polar surface area (TPSA) is 85.2 Å². The van der Waals surface area contributed by atoms with Crippen LogP contribution >= 0.6 is 15.9 Å². The van der Waals surface area contributed by atoms with E-state index in [1.165, 1.54) is 15.5 Å². The van der Waals surface area contributed by atoms with Crippen molar-refractivity contribution in [3.8, 4) is 23.1 Å². The molecule has 0 fully saturated rings. The zero-order valence-electron chi connectivity index (χ0n) is 13.8. The van der Waals surface area contributed by atoms with Crippen molar-refractivity contribution < 1.29 is 4.39 Å². The van der Waals surface area contributed by atoms with Gasteiger partial charge in [0.2, 0.25) is 5.82 Å². The third kappa shape index (κ3) is 3.35. The van der Waals surface area contributed by atoms with Gasteiger partial charge in [0, 0.05) is 0 Å². The summed E-state index contributed by atoms with van der Waals surface area (Å²) in [5.41, 5.74) is 2.46. The van der Waals surface area contributed by atoms with E-state index >= 15 is 0 Å². The molecule has 0 radical (unpaired) electrons. The highest BCUT2D eigenvalue weighted by molar-refractivity contribution is 9.10. The number of nitriles is 1. The van der Waals surface area contributed by atoms with Gasteiger partial charge in [-0.3, -0.25) is 0 Å². The third-order valence-electron chi connectivity index (χ3n) is 3.89. The highest BCUT2D eigenvalue weighted by Crippen LogP contribution is 2.28. The molecule has 0 saturated carbocycles. The molecule has 0 saturated heterocycles. The van der Waals surface area contributed by atoms with Crippen molar-refractivity contribution in [2.75, 3.05) is 0 Å². The molecule has 2 aromatic heterocycles. The number of hydrogen-bond donors (Lipinski definition) is 0. The van der Waals surface area contributed by atoms with Gasteiger partial charge in [0.1, 0.15) is 16.1 Å². The lowest BCUT2D eigenvalue weighted by molar-refractivity contribution is 0.573. The van der Waals surface area contributed by atoms with Crippen molar-refractivity contribution in [2.45, 2.75) is 6.54 Å².